The van der Waals surface area contributed by atoms with Gasteiger partial charge in [-0.05, 0) is 30.9 Å². The summed E-state index contributed by atoms with van der Waals surface area (Å²) in [6, 6.07) is 20.2. The van der Waals surface area contributed by atoms with Gasteiger partial charge in [0, 0.05) is 24.4 Å². The standard InChI is InChI=1S/C20H22N2O/c1-2-8-15(9-3-1)17-14-18-16-10-4-5-11-19(16)23-20(22(18)21-17)12-6-7-13-20/h1-5,8-11,17-18,21H,6-7,12-14H2/t17-,18-/m1/s1. The van der Waals surface area contributed by atoms with E-state index in [-0.39, 0.29) is 5.72 Å². The number of hydrogen-bond acceptors (Lipinski definition) is 3. The Labute approximate surface area is 137 Å². The maximum atomic E-state index is 6.54. The number of rotatable bonds is 1. The molecule has 2 aliphatic heterocycles. The van der Waals surface area contributed by atoms with Crippen molar-refractivity contribution in [3.63, 3.8) is 0 Å². The first kappa shape index (κ1) is 13.6. The lowest BCUT2D eigenvalue weighted by Crippen LogP contribution is -2.57. The molecule has 2 atom stereocenters. The molecule has 0 unspecified atom stereocenters. The minimum Gasteiger partial charge on any atom is -0.471 e. The highest BCUT2D eigenvalue weighted by atomic mass is 16.5. The zero-order chi connectivity index (χ0) is 15.3. The van der Waals surface area contributed by atoms with Crippen LogP contribution >= 0.6 is 0 Å². The molecule has 2 aromatic carbocycles. The topological polar surface area (TPSA) is 24.5 Å². The molecule has 2 heterocycles. The van der Waals surface area contributed by atoms with E-state index in [0.29, 0.717) is 12.1 Å². The van der Waals surface area contributed by atoms with Crippen LogP contribution in [0.1, 0.15) is 55.3 Å². The van der Waals surface area contributed by atoms with Gasteiger partial charge in [0.2, 0.25) is 0 Å². The highest BCUT2D eigenvalue weighted by molar-refractivity contribution is 5.40. The van der Waals surface area contributed by atoms with Gasteiger partial charge in [0.25, 0.3) is 0 Å². The molecule has 118 valence electrons. The Hall–Kier alpha value is -1.84. The van der Waals surface area contributed by atoms with Gasteiger partial charge in [-0.2, -0.15) is 5.01 Å². The summed E-state index contributed by atoms with van der Waals surface area (Å²) >= 11 is 0. The van der Waals surface area contributed by atoms with Crippen molar-refractivity contribution in [1.82, 2.24) is 10.4 Å². The summed E-state index contributed by atoms with van der Waals surface area (Å²) in [5.41, 5.74) is 6.34. The lowest BCUT2D eigenvalue weighted by atomic mass is 9.94. The molecule has 1 saturated heterocycles. The molecule has 1 aliphatic carbocycles. The SMILES string of the molecule is c1ccc([C@H]2C[C@@H]3c4ccccc4OC4(CCCC4)N3N2)cc1. The first-order chi connectivity index (χ1) is 11.4. The summed E-state index contributed by atoms with van der Waals surface area (Å²) in [6.07, 6.45) is 5.84. The van der Waals surface area contributed by atoms with Crippen LogP contribution in [0.5, 0.6) is 5.75 Å². The molecule has 0 radical (unpaired) electrons. The lowest BCUT2D eigenvalue weighted by Gasteiger charge is -2.46. The van der Waals surface area contributed by atoms with Gasteiger partial charge < -0.3 is 4.74 Å². The second-order valence-corrected chi connectivity index (χ2v) is 7.01. The van der Waals surface area contributed by atoms with Crippen molar-refractivity contribution in [1.29, 1.82) is 0 Å². The number of benzene rings is 2. The Morgan fingerprint density at radius 1 is 0.957 bits per heavy atom. The van der Waals surface area contributed by atoms with Gasteiger partial charge in [0.15, 0.2) is 5.72 Å². The number of fused-ring (bicyclic) bond motifs is 4. The summed E-state index contributed by atoms with van der Waals surface area (Å²) in [6.45, 7) is 0. The largest absolute Gasteiger partial charge is 0.471 e. The highest BCUT2D eigenvalue weighted by Gasteiger charge is 2.53. The lowest BCUT2D eigenvalue weighted by molar-refractivity contribution is -0.133. The zero-order valence-electron chi connectivity index (χ0n) is 13.2. The molecule has 3 heteroatoms. The smallest absolute Gasteiger partial charge is 0.176 e. The molecule has 2 fully saturated rings. The van der Waals surface area contributed by atoms with E-state index in [0.717, 1.165) is 25.0 Å². The van der Waals surface area contributed by atoms with Crippen molar-refractivity contribution in [2.75, 3.05) is 0 Å². The van der Waals surface area contributed by atoms with Crippen LogP contribution in [0, 0.1) is 0 Å². The van der Waals surface area contributed by atoms with Crippen molar-refractivity contribution >= 4 is 0 Å². The third kappa shape index (κ3) is 2.03. The molecular formula is C20H22N2O. The maximum Gasteiger partial charge on any atom is 0.176 e. The van der Waals surface area contributed by atoms with Gasteiger partial charge in [-0.15, -0.1) is 0 Å². The van der Waals surface area contributed by atoms with Crippen LogP contribution in [-0.4, -0.2) is 10.7 Å². The molecule has 1 spiro atoms. The first-order valence-corrected chi connectivity index (χ1v) is 8.74. The van der Waals surface area contributed by atoms with E-state index in [1.54, 1.807) is 0 Å². The zero-order valence-corrected chi connectivity index (χ0v) is 13.2. The number of para-hydroxylation sites is 1. The number of ether oxygens (including phenoxy) is 1. The van der Waals surface area contributed by atoms with Gasteiger partial charge in [-0.1, -0.05) is 48.5 Å². The van der Waals surface area contributed by atoms with Gasteiger partial charge in [0.05, 0.1) is 6.04 Å². The number of hydrazine groups is 1. The molecule has 0 amide bonds. The fourth-order valence-electron chi connectivity index (χ4n) is 4.58. The fraction of sp³-hybridized carbons (Fsp3) is 0.400. The predicted molar refractivity (Wildman–Crippen MR) is 89.8 cm³/mol. The summed E-state index contributed by atoms with van der Waals surface area (Å²) in [4.78, 5) is 0. The van der Waals surface area contributed by atoms with E-state index in [9.17, 15) is 0 Å². The van der Waals surface area contributed by atoms with E-state index in [1.807, 2.05) is 0 Å². The predicted octanol–water partition coefficient (Wildman–Crippen LogP) is 4.34. The molecule has 1 saturated carbocycles. The summed E-state index contributed by atoms with van der Waals surface area (Å²) < 4.78 is 6.54. The molecule has 3 nitrogen and oxygen atoms in total. The normalized spacial score (nSPS) is 28.3. The molecule has 1 N–H and O–H groups in total. The van der Waals surface area contributed by atoms with Crippen LogP contribution in [0.2, 0.25) is 0 Å². The average Bonchev–Trinajstić information content (AvgIpc) is 3.24. The minimum absolute atomic E-state index is 0.150. The molecule has 2 aromatic rings. The van der Waals surface area contributed by atoms with Crippen molar-refractivity contribution < 1.29 is 4.74 Å². The second kappa shape index (κ2) is 5.08. The van der Waals surface area contributed by atoms with Gasteiger partial charge >= 0.3 is 0 Å². The van der Waals surface area contributed by atoms with E-state index in [1.165, 1.54) is 24.0 Å². The van der Waals surface area contributed by atoms with Crippen LogP contribution in [0.15, 0.2) is 54.6 Å². The summed E-state index contributed by atoms with van der Waals surface area (Å²) in [5.74, 6) is 1.09. The highest BCUT2D eigenvalue weighted by Crippen LogP contribution is 2.52. The minimum atomic E-state index is -0.150. The van der Waals surface area contributed by atoms with E-state index >= 15 is 0 Å². The quantitative estimate of drug-likeness (QED) is 0.848. The van der Waals surface area contributed by atoms with E-state index < -0.39 is 0 Å². The Kier molecular flexibility index (Phi) is 3.00. The number of nitrogens with one attached hydrogen (secondary N) is 1. The van der Waals surface area contributed by atoms with Crippen LogP contribution in [-0.2, 0) is 0 Å². The average molecular weight is 306 g/mol. The third-order valence-corrected chi connectivity index (χ3v) is 5.67. The Morgan fingerprint density at radius 3 is 2.52 bits per heavy atom. The molecule has 5 rings (SSSR count). The van der Waals surface area contributed by atoms with Gasteiger partial charge in [0.1, 0.15) is 5.75 Å². The van der Waals surface area contributed by atoms with E-state index in [2.05, 4.69) is 65.0 Å². The Balaban J connectivity index is 1.57. The summed E-state index contributed by atoms with van der Waals surface area (Å²) in [7, 11) is 0. The van der Waals surface area contributed by atoms with Crippen LogP contribution < -0.4 is 10.2 Å². The van der Waals surface area contributed by atoms with Crippen molar-refractivity contribution in [2.24, 2.45) is 0 Å². The molecule has 23 heavy (non-hydrogen) atoms. The Bertz CT molecular complexity index is 709. The molecule has 0 aromatic heterocycles. The van der Waals surface area contributed by atoms with E-state index in [4.69, 9.17) is 4.74 Å². The van der Waals surface area contributed by atoms with Gasteiger partial charge in [-0.25, -0.2) is 5.43 Å². The third-order valence-electron chi connectivity index (χ3n) is 5.67. The molecule has 0 bridgehead atoms. The number of hydrogen-bond donors (Lipinski definition) is 1. The fourth-order valence-corrected chi connectivity index (χ4v) is 4.58. The van der Waals surface area contributed by atoms with Crippen LogP contribution in [0.4, 0.5) is 0 Å². The van der Waals surface area contributed by atoms with Gasteiger partial charge in [-0.3, -0.25) is 0 Å². The van der Waals surface area contributed by atoms with Crippen molar-refractivity contribution in [2.45, 2.75) is 49.9 Å². The Morgan fingerprint density at radius 2 is 1.70 bits per heavy atom. The maximum absolute atomic E-state index is 6.54. The molecule has 3 aliphatic rings. The van der Waals surface area contributed by atoms with Crippen LogP contribution in [0.3, 0.4) is 0 Å². The second-order valence-electron chi connectivity index (χ2n) is 7.01. The van der Waals surface area contributed by atoms with Crippen LogP contribution in [0.25, 0.3) is 0 Å². The van der Waals surface area contributed by atoms with Crippen molar-refractivity contribution in [3.8, 4) is 5.75 Å². The number of nitrogens with zero attached hydrogens (tertiary/aromatic N) is 1. The monoisotopic (exact) mass is 306 g/mol. The molecular weight excluding hydrogens is 284 g/mol. The van der Waals surface area contributed by atoms with Crippen molar-refractivity contribution in [3.05, 3.63) is 65.7 Å². The first-order valence-electron chi connectivity index (χ1n) is 8.74. The summed E-state index contributed by atoms with van der Waals surface area (Å²) in [5, 5.41) is 2.44.